The SMILES string of the molecule is CCOc1cccc(-c2nc3nc(Cl)c(CN[SH](=O)=O)nc3n2-c2c(OC)cncc2OC)n1. The first kappa shape index (κ1) is 23.6. The van der Waals surface area contributed by atoms with Crippen LogP contribution in [0, 0.1) is 0 Å². The zero-order valence-corrected chi connectivity index (χ0v) is 20.0. The minimum absolute atomic E-state index is 0.0118. The Morgan fingerprint density at radius 2 is 1.79 bits per heavy atom. The van der Waals surface area contributed by atoms with Gasteiger partial charge in [0.05, 0.1) is 45.5 Å². The minimum atomic E-state index is -2.86. The second-order valence-corrected chi connectivity index (χ2v) is 7.85. The number of methoxy groups -OCH3 is 2. The van der Waals surface area contributed by atoms with Gasteiger partial charge in [-0.15, -0.1) is 0 Å². The Hall–Kier alpha value is -3.55. The van der Waals surface area contributed by atoms with Crippen molar-refractivity contribution in [3.05, 3.63) is 41.4 Å². The number of rotatable bonds is 9. The number of aromatic nitrogens is 6. The first-order chi connectivity index (χ1) is 16.5. The average Bonchev–Trinajstić information content (AvgIpc) is 3.19. The van der Waals surface area contributed by atoms with Crippen molar-refractivity contribution < 1.29 is 22.6 Å². The molecule has 0 aliphatic carbocycles. The fourth-order valence-corrected chi connectivity index (χ4v) is 3.71. The first-order valence-electron chi connectivity index (χ1n) is 9.96. The number of nitrogens with zero attached hydrogens (tertiary/aromatic N) is 6. The largest absolute Gasteiger partial charge is 0.493 e. The number of hydrogen-bond donors (Lipinski definition) is 2. The molecule has 1 N–H and O–H groups in total. The number of halogens is 1. The fraction of sp³-hybridized carbons (Fsp3) is 0.250. The lowest BCUT2D eigenvalue weighted by Crippen LogP contribution is -2.13. The van der Waals surface area contributed by atoms with Crippen LogP contribution in [0.5, 0.6) is 17.4 Å². The molecule has 0 atom stereocenters. The molecule has 0 aromatic carbocycles. The second kappa shape index (κ2) is 10.2. The summed E-state index contributed by atoms with van der Waals surface area (Å²) in [5.41, 5.74) is 1.62. The normalized spacial score (nSPS) is 11.2. The Balaban J connectivity index is 2.06. The third-order valence-corrected chi connectivity index (χ3v) is 5.37. The molecule has 14 heteroatoms. The molecule has 0 unspecified atom stereocenters. The van der Waals surface area contributed by atoms with E-state index in [1.807, 2.05) is 6.92 Å². The van der Waals surface area contributed by atoms with Crippen molar-refractivity contribution >= 4 is 33.8 Å². The van der Waals surface area contributed by atoms with E-state index < -0.39 is 10.9 Å². The maximum atomic E-state index is 11.0. The summed E-state index contributed by atoms with van der Waals surface area (Å²) >= 11 is 6.27. The number of hydrogen-bond acceptors (Lipinski definition) is 10. The topological polar surface area (TPSA) is 143 Å². The first-order valence-corrected chi connectivity index (χ1v) is 11.5. The average molecular weight is 506 g/mol. The summed E-state index contributed by atoms with van der Waals surface area (Å²) in [5.74, 6) is 1.52. The summed E-state index contributed by atoms with van der Waals surface area (Å²) in [6.45, 7) is 2.15. The van der Waals surface area contributed by atoms with Crippen molar-refractivity contribution in [2.75, 3.05) is 20.8 Å². The summed E-state index contributed by atoms with van der Waals surface area (Å²) in [6, 6.07) is 5.27. The number of thiol groups is 1. The van der Waals surface area contributed by atoms with Crippen molar-refractivity contribution in [1.82, 2.24) is 34.2 Å². The van der Waals surface area contributed by atoms with E-state index in [2.05, 4.69) is 29.6 Å². The molecule has 0 bridgehead atoms. The summed E-state index contributed by atoms with van der Waals surface area (Å²) in [4.78, 5) is 22.2. The van der Waals surface area contributed by atoms with Gasteiger partial charge in [0.15, 0.2) is 33.8 Å². The Bertz CT molecular complexity index is 1400. The van der Waals surface area contributed by atoms with E-state index in [9.17, 15) is 8.42 Å². The molecule has 4 heterocycles. The number of imidazole rings is 1. The molecule has 0 spiro atoms. The number of nitrogens with one attached hydrogen (secondary N) is 1. The molecule has 4 aromatic heterocycles. The molecule has 34 heavy (non-hydrogen) atoms. The predicted molar refractivity (Wildman–Crippen MR) is 124 cm³/mol. The quantitative estimate of drug-likeness (QED) is 0.324. The van der Waals surface area contributed by atoms with Gasteiger partial charge < -0.3 is 14.2 Å². The zero-order valence-electron chi connectivity index (χ0n) is 18.4. The van der Waals surface area contributed by atoms with Crippen LogP contribution < -0.4 is 18.9 Å². The van der Waals surface area contributed by atoms with Crippen LogP contribution in [-0.2, 0) is 17.4 Å². The van der Waals surface area contributed by atoms with E-state index in [4.69, 9.17) is 25.8 Å². The highest BCUT2D eigenvalue weighted by atomic mass is 35.5. The van der Waals surface area contributed by atoms with Crippen molar-refractivity contribution in [2.24, 2.45) is 0 Å². The van der Waals surface area contributed by atoms with Gasteiger partial charge >= 0.3 is 0 Å². The molecule has 0 radical (unpaired) electrons. The second-order valence-electron chi connectivity index (χ2n) is 6.66. The smallest absolute Gasteiger partial charge is 0.213 e. The van der Waals surface area contributed by atoms with Gasteiger partial charge in [0.1, 0.15) is 11.4 Å². The molecule has 0 amide bonds. The summed E-state index contributed by atoms with van der Waals surface area (Å²) in [6.07, 6.45) is 3.04. The van der Waals surface area contributed by atoms with Crippen LogP contribution in [0.15, 0.2) is 30.6 Å². The Morgan fingerprint density at radius 1 is 1.06 bits per heavy atom. The van der Waals surface area contributed by atoms with Gasteiger partial charge in [-0.1, -0.05) is 17.7 Å². The highest BCUT2D eigenvalue weighted by Crippen LogP contribution is 2.37. The summed E-state index contributed by atoms with van der Waals surface area (Å²) < 4.78 is 42.6. The van der Waals surface area contributed by atoms with Gasteiger partial charge in [0.25, 0.3) is 0 Å². The monoisotopic (exact) mass is 505 g/mol. The standard InChI is InChI=1S/C20H20ClN7O5S/c1-4-33-15-7-5-6-11(24-15)19-27-18-20(25-12(17(21)26-18)8-23-34(29)30)28(19)16-13(31-2)9-22-10-14(16)32-3/h5-7,9-10,34H,4,8H2,1-3H3,(H,23,29,30). The molecule has 4 rings (SSSR count). The van der Waals surface area contributed by atoms with Crippen molar-refractivity contribution in [3.8, 4) is 34.6 Å². The molecule has 0 fully saturated rings. The highest BCUT2D eigenvalue weighted by Gasteiger charge is 2.25. The van der Waals surface area contributed by atoms with E-state index in [1.165, 1.54) is 26.6 Å². The van der Waals surface area contributed by atoms with Gasteiger partial charge in [-0.3, -0.25) is 9.55 Å². The van der Waals surface area contributed by atoms with Crippen LogP contribution in [0.3, 0.4) is 0 Å². The third kappa shape index (κ3) is 4.58. The lowest BCUT2D eigenvalue weighted by molar-refractivity contribution is 0.327. The van der Waals surface area contributed by atoms with Crippen LogP contribution >= 0.6 is 11.6 Å². The molecular formula is C20H20ClN7O5S. The van der Waals surface area contributed by atoms with Gasteiger partial charge in [-0.25, -0.2) is 33.1 Å². The van der Waals surface area contributed by atoms with Gasteiger partial charge in [0, 0.05) is 6.07 Å². The van der Waals surface area contributed by atoms with Crippen molar-refractivity contribution in [2.45, 2.75) is 13.5 Å². The minimum Gasteiger partial charge on any atom is -0.493 e. The molecule has 0 saturated heterocycles. The van der Waals surface area contributed by atoms with E-state index >= 15 is 0 Å². The van der Waals surface area contributed by atoms with Crippen molar-refractivity contribution in [3.63, 3.8) is 0 Å². The van der Waals surface area contributed by atoms with Crippen molar-refractivity contribution in [1.29, 1.82) is 0 Å². The van der Waals surface area contributed by atoms with Crippen LogP contribution in [0.4, 0.5) is 0 Å². The molecule has 0 aliphatic heterocycles. The molecule has 0 saturated carbocycles. The number of ether oxygens (including phenoxy) is 3. The molecular weight excluding hydrogens is 486 g/mol. The van der Waals surface area contributed by atoms with E-state index in [0.717, 1.165) is 0 Å². The highest BCUT2D eigenvalue weighted by molar-refractivity contribution is 7.70. The van der Waals surface area contributed by atoms with Crippen LogP contribution in [0.2, 0.25) is 5.15 Å². The van der Waals surface area contributed by atoms with Gasteiger partial charge in [-0.05, 0) is 13.0 Å². The molecule has 12 nitrogen and oxygen atoms in total. The summed E-state index contributed by atoms with van der Waals surface area (Å²) in [7, 11) is 0.135. The number of fused-ring (bicyclic) bond motifs is 1. The predicted octanol–water partition coefficient (Wildman–Crippen LogP) is 1.96. The molecule has 0 aliphatic rings. The molecule has 4 aromatic rings. The van der Waals surface area contributed by atoms with Crippen LogP contribution in [-0.4, -0.2) is 58.7 Å². The maximum absolute atomic E-state index is 11.0. The maximum Gasteiger partial charge on any atom is 0.213 e. The third-order valence-electron chi connectivity index (χ3n) is 4.65. The molecule has 178 valence electrons. The Kier molecular flexibility index (Phi) is 7.05. The summed E-state index contributed by atoms with van der Waals surface area (Å²) in [5, 5.41) is 0.0118. The van der Waals surface area contributed by atoms with Gasteiger partial charge in [0.2, 0.25) is 16.8 Å². The number of pyridine rings is 2. The zero-order chi connectivity index (χ0) is 24.2. The lowest BCUT2D eigenvalue weighted by Gasteiger charge is -2.16. The van der Waals surface area contributed by atoms with Gasteiger partial charge in [-0.2, -0.15) is 0 Å². The van der Waals surface area contributed by atoms with E-state index in [1.54, 1.807) is 22.8 Å². The van der Waals surface area contributed by atoms with E-state index in [-0.39, 0.29) is 28.7 Å². The Labute approximate surface area is 201 Å². The Morgan fingerprint density at radius 3 is 2.44 bits per heavy atom. The van der Waals surface area contributed by atoms with Crippen LogP contribution in [0.1, 0.15) is 12.6 Å². The fourth-order valence-electron chi connectivity index (χ4n) is 3.25. The van der Waals surface area contributed by atoms with Crippen LogP contribution in [0.25, 0.3) is 28.5 Å². The van der Waals surface area contributed by atoms with E-state index in [0.29, 0.717) is 41.2 Å². The lowest BCUT2D eigenvalue weighted by atomic mass is 10.3.